The number of fused-ring (bicyclic) bond motifs is 1. The highest BCUT2D eigenvalue weighted by Crippen LogP contribution is 2.19. The molecule has 1 heterocycles. The van der Waals surface area contributed by atoms with Crippen LogP contribution >= 0.6 is 0 Å². The van der Waals surface area contributed by atoms with Crippen molar-refractivity contribution in [1.82, 2.24) is 4.98 Å². The average molecular weight is 275 g/mol. The summed E-state index contributed by atoms with van der Waals surface area (Å²) in [5, 5.41) is 11.4. The topological polar surface area (TPSA) is 51.6 Å². The third-order valence-corrected chi connectivity index (χ3v) is 3.14. The molecule has 0 radical (unpaired) electrons. The van der Waals surface area contributed by atoms with Gasteiger partial charge in [0.1, 0.15) is 6.10 Å². The van der Waals surface area contributed by atoms with Gasteiger partial charge >= 0.3 is 0 Å². The van der Waals surface area contributed by atoms with Crippen LogP contribution in [0.3, 0.4) is 0 Å². The van der Waals surface area contributed by atoms with Gasteiger partial charge in [-0.25, -0.2) is 0 Å². The molecule has 0 aliphatic rings. The Morgan fingerprint density at radius 3 is 2.50 bits per heavy atom. The van der Waals surface area contributed by atoms with Gasteiger partial charge in [-0.05, 0) is 31.5 Å². The molecule has 0 aliphatic carbocycles. The van der Waals surface area contributed by atoms with Crippen LogP contribution in [0, 0.1) is 0 Å². The van der Waals surface area contributed by atoms with Gasteiger partial charge in [-0.3, -0.25) is 4.98 Å². The summed E-state index contributed by atoms with van der Waals surface area (Å²) in [6.07, 6.45) is 0.965. The molecule has 0 fully saturated rings. The molecule has 0 bridgehead atoms. The van der Waals surface area contributed by atoms with E-state index in [9.17, 15) is 5.11 Å². The Labute approximate surface area is 119 Å². The molecule has 1 atom stereocenters. The van der Waals surface area contributed by atoms with Crippen LogP contribution in [0.4, 0.5) is 0 Å². The Morgan fingerprint density at radius 1 is 1.10 bits per heavy atom. The second-order valence-electron chi connectivity index (χ2n) is 4.54. The number of pyridine rings is 1. The normalized spacial score (nSPS) is 13.0. The second kappa shape index (κ2) is 7.33. The summed E-state index contributed by atoms with van der Waals surface area (Å²) in [6.45, 7) is 4.80. The van der Waals surface area contributed by atoms with Gasteiger partial charge in [0.25, 0.3) is 0 Å². The fourth-order valence-electron chi connectivity index (χ4n) is 2.25. The molecule has 2 rings (SSSR count). The number of aliphatic hydroxyl groups excluding tert-OH is 1. The van der Waals surface area contributed by atoms with Crippen LogP contribution in [0.25, 0.3) is 10.9 Å². The van der Waals surface area contributed by atoms with E-state index in [4.69, 9.17) is 9.47 Å². The SMILES string of the molecule is CCOC(OCC)C(O)Cc1ccnc2ccccc12. The number of para-hydroxylation sites is 1. The molecule has 1 aromatic heterocycles. The Hall–Kier alpha value is -1.49. The highest BCUT2D eigenvalue weighted by molar-refractivity contribution is 5.81. The van der Waals surface area contributed by atoms with Crippen molar-refractivity contribution >= 4 is 10.9 Å². The van der Waals surface area contributed by atoms with Crippen LogP contribution < -0.4 is 0 Å². The maximum absolute atomic E-state index is 10.3. The lowest BCUT2D eigenvalue weighted by atomic mass is 10.0. The number of rotatable bonds is 7. The molecule has 2 aromatic rings. The van der Waals surface area contributed by atoms with Gasteiger partial charge in [0, 0.05) is 31.2 Å². The van der Waals surface area contributed by atoms with E-state index in [-0.39, 0.29) is 0 Å². The number of aliphatic hydroxyl groups is 1. The number of nitrogens with zero attached hydrogens (tertiary/aromatic N) is 1. The highest BCUT2D eigenvalue weighted by atomic mass is 16.7. The van der Waals surface area contributed by atoms with Gasteiger partial charge in [-0.1, -0.05) is 18.2 Å². The van der Waals surface area contributed by atoms with E-state index < -0.39 is 12.4 Å². The quantitative estimate of drug-likeness (QED) is 0.789. The minimum Gasteiger partial charge on any atom is -0.387 e. The van der Waals surface area contributed by atoms with Gasteiger partial charge in [0.2, 0.25) is 0 Å². The summed E-state index contributed by atoms with van der Waals surface area (Å²) < 4.78 is 10.9. The predicted octanol–water partition coefficient (Wildman–Crippen LogP) is 2.54. The summed E-state index contributed by atoms with van der Waals surface area (Å²) in [7, 11) is 0. The molecule has 0 saturated carbocycles. The zero-order chi connectivity index (χ0) is 14.4. The van der Waals surface area contributed by atoms with Crippen LogP contribution in [0.2, 0.25) is 0 Å². The first-order chi connectivity index (χ1) is 9.76. The van der Waals surface area contributed by atoms with E-state index >= 15 is 0 Å². The third kappa shape index (κ3) is 3.54. The van der Waals surface area contributed by atoms with Crippen molar-refractivity contribution in [3.05, 3.63) is 42.1 Å². The first-order valence-electron chi connectivity index (χ1n) is 7.00. The van der Waals surface area contributed by atoms with Crippen LogP contribution in [0.1, 0.15) is 19.4 Å². The molecule has 4 nitrogen and oxygen atoms in total. The minimum absolute atomic E-state index is 0.480. The molecule has 4 heteroatoms. The Bertz CT molecular complexity index is 533. The van der Waals surface area contributed by atoms with Gasteiger partial charge in [-0.15, -0.1) is 0 Å². The number of hydrogen-bond acceptors (Lipinski definition) is 4. The Balaban J connectivity index is 2.18. The van der Waals surface area contributed by atoms with Gasteiger partial charge < -0.3 is 14.6 Å². The molecular weight excluding hydrogens is 254 g/mol. The van der Waals surface area contributed by atoms with Crippen molar-refractivity contribution in [2.75, 3.05) is 13.2 Å². The maximum atomic E-state index is 10.3. The molecular formula is C16H21NO3. The van der Waals surface area contributed by atoms with Crippen molar-refractivity contribution in [3.8, 4) is 0 Å². The average Bonchev–Trinajstić information content (AvgIpc) is 2.47. The number of aromatic nitrogens is 1. The summed E-state index contributed by atoms with van der Waals surface area (Å²) in [5.74, 6) is 0. The smallest absolute Gasteiger partial charge is 0.183 e. The third-order valence-electron chi connectivity index (χ3n) is 3.14. The zero-order valence-electron chi connectivity index (χ0n) is 12.0. The van der Waals surface area contributed by atoms with Gasteiger partial charge in [-0.2, -0.15) is 0 Å². The molecule has 0 amide bonds. The molecule has 0 spiro atoms. The molecule has 20 heavy (non-hydrogen) atoms. The van der Waals surface area contributed by atoms with Crippen molar-refractivity contribution in [1.29, 1.82) is 0 Å². The van der Waals surface area contributed by atoms with Crippen LogP contribution in [-0.2, 0) is 15.9 Å². The predicted molar refractivity (Wildman–Crippen MR) is 78.5 cm³/mol. The summed E-state index contributed by atoms with van der Waals surface area (Å²) >= 11 is 0. The van der Waals surface area contributed by atoms with E-state index in [0.29, 0.717) is 19.6 Å². The lowest BCUT2D eigenvalue weighted by molar-refractivity contribution is -0.188. The van der Waals surface area contributed by atoms with Crippen LogP contribution in [-0.4, -0.2) is 35.7 Å². The molecule has 1 unspecified atom stereocenters. The first-order valence-corrected chi connectivity index (χ1v) is 7.00. The summed E-state index contributed by atoms with van der Waals surface area (Å²) in [5.41, 5.74) is 1.98. The van der Waals surface area contributed by atoms with Crippen molar-refractivity contribution < 1.29 is 14.6 Å². The fourth-order valence-corrected chi connectivity index (χ4v) is 2.25. The van der Waals surface area contributed by atoms with Crippen molar-refractivity contribution in [2.45, 2.75) is 32.7 Å². The molecule has 1 aromatic carbocycles. The van der Waals surface area contributed by atoms with Crippen LogP contribution in [0.15, 0.2) is 36.5 Å². The van der Waals surface area contributed by atoms with Crippen LogP contribution in [0.5, 0.6) is 0 Å². The fraction of sp³-hybridized carbons (Fsp3) is 0.438. The molecule has 108 valence electrons. The lowest BCUT2D eigenvalue weighted by Crippen LogP contribution is -2.33. The number of hydrogen-bond donors (Lipinski definition) is 1. The highest BCUT2D eigenvalue weighted by Gasteiger charge is 2.20. The Kier molecular flexibility index (Phi) is 5.47. The first kappa shape index (κ1) is 14.9. The maximum Gasteiger partial charge on any atom is 0.183 e. The zero-order valence-corrected chi connectivity index (χ0v) is 12.0. The number of ether oxygens (including phenoxy) is 2. The van der Waals surface area contributed by atoms with Crippen molar-refractivity contribution in [3.63, 3.8) is 0 Å². The van der Waals surface area contributed by atoms with Gasteiger partial charge in [0.15, 0.2) is 6.29 Å². The largest absolute Gasteiger partial charge is 0.387 e. The van der Waals surface area contributed by atoms with E-state index in [2.05, 4.69) is 4.98 Å². The lowest BCUT2D eigenvalue weighted by Gasteiger charge is -2.23. The second-order valence-corrected chi connectivity index (χ2v) is 4.54. The number of benzene rings is 1. The van der Waals surface area contributed by atoms with Crippen molar-refractivity contribution in [2.24, 2.45) is 0 Å². The summed E-state index contributed by atoms with van der Waals surface area (Å²) in [4.78, 5) is 4.32. The van der Waals surface area contributed by atoms with E-state index in [1.165, 1.54) is 0 Å². The molecule has 0 aliphatic heterocycles. The van der Waals surface area contributed by atoms with E-state index in [0.717, 1.165) is 16.5 Å². The molecule has 1 N–H and O–H groups in total. The molecule has 0 saturated heterocycles. The summed E-state index contributed by atoms with van der Waals surface area (Å²) in [6, 6.07) is 9.84. The monoisotopic (exact) mass is 275 g/mol. The standard InChI is InChI=1S/C16H21NO3/c1-3-19-16(20-4-2)15(18)11-12-9-10-17-14-8-6-5-7-13(12)14/h5-10,15-16,18H,3-4,11H2,1-2H3. The van der Waals surface area contributed by atoms with E-state index in [1.807, 2.05) is 44.2 Å². The van der Waals surface area contributed by atoms with E-state index in [1.54, 1.807) is 6.20 Å². The Morgan fingerprint density at radius 2 is 1.80 bits per heavy atom. The minimum atomic E-state index is -0.694. The van der Waals surface area contributed by atoms with Gasteiger partial charge in [0.05, 0.1) is 5.52 Å².